The molecule has 94 valence electrons. The second kappa shape index (κ2) is 5.61. The van der Waals surface area contributed by atoms with E-state index in [-0.39, 0.29) is 0 Å². The lowest BCUT2D eigenvalue weighted by atomic mass is 10.3. The van der Waals surface area contributed by atoms with Crippen LogP contribution < -0.4 is 4.90 Å². The van der Waals surface area contributed by atoms with Gasteiger partial charge in [-0.05, 0) is 12.6 Å². The van der Waals surface area contributed by atoms with E-state index in [0.717, 1.165) is 38.5 Å². The molecule has 0 bridgehead atoms. The number of nitrogens with zero attached hydrogens (tertiary/aromatic N) is 3. The quantitative estimate of drug-likeness (QED) is 0.781. The van der Waals surface area contributed by atoms with Crippen LogP contribution in [0.2, 0.25) is 15.2 Å². The van der Waals surface area contributed by atoms with E-state index in [9.17, 15) is 0 Å². The van der Waals surface area contributed by atoms with Gasteiger partial charge in [-0.25, -0.2) is 4.98 Å². The third-order valence-corrected chi connectivity index (χ3v) is 3.94. The van der Waals surface area contributed by atoms with Crippen LogP contribution in [-0.2, 0) is 0 Å². The van der Waals surface area contributed by atoms with Crippen molar-refractivity contribution in [3.8, 4) is 0 Å². The molecule has 1 aliphatic heterocycles. The molecule has 0 saturated carbocycles. The highest BCUT2D eigenvalue weighted by Crippen LogP contribution is 2.31. The van der Waals surface area contributed by atoms with Crippen LogP contribution >= 0.6 is 34.8 Å². The van der Waals surface area contributed by atoms with Crippen molar-refractivity contribution in [2.75, 3.05) is 37.6 Å². The average Bonchev–Trinajstić information content (AvgIpc) is 2.34. The Morgan fingerprint density at radius 3 is 2.35 bits per heavy atom. The Balaban J connectivity index is 2.16. The van der Waals surface area contributed by atoms with E-state index < -0.39 is 0 Å². The standard InChI is InChI=1S/C11H14Cl3N3/c1-2-16-3-5-17(6-4-16)11-9(13)7-8(12)10(14)15-11/h7H,2-6H2,1H3. The summed E-state index contributed by atoms with van der Waals surface area (Å²) < 4.78 is 0. The molecule has 1 aliphatic rings. The smallest absolute Gasteiger partial charge is 0.150 e. The molecular weight excluding hydrogens is 281 g/mol. The highest BCUT2D eigenvalue weighted by molar-refractivity contribution is 6.42. The van der Waals surface area contributed by atoms with Crippen LogP contribution in [0.4, 0.5) is 5.82 Å². The number of pyridine rings is 1. The van der Waals surface area contributed by atoms with Crippen molar-refractivity contribution in [1.29, 1.82) is 0 Å². The molecule has 0 spiro atoms. The number of rotatable bonds is 2. The lowest BCUT2D eigenvalue weighted by Gasteiger charge is -2.35. The van der Waals surface area contributed by atoms with E-state index in [4.69, 9.17) is 34.8 Å². The van der Waals surface area contributed by atoms with Gasteiger partial charge in [-0.2, -0.15) is 0 Å². The van der Waals surface area contributed by atoms with Gasteiger partial charge in [0.05, 0.1) is 10.0 Å². The van der Waals surface area contributed by atoms with E-state index in [1.165, 1.54) is 0 Å². The summed E-state index contributed by atoms with van der Waals surface area (Å²) in [5.41, 5.74) is 0. The highest BCUT2D eigenvalue weighted by atomic mass is 35.5. The van der Waals surface area contributed by atoms with Crippen LogP contribution in [0, 0.1) is 0 Å². The van der Waals surface area contributed by atoms with E-state index in [0.29, 0.717) is 15.2 Å². The molecule has 17 heavy (non-hydrogen) atoms. The first-order valence-electron chi connectivity index (χ1n) is 5.60. The Bertz CT molecular complexity index is 403. The maximum Gasteiger partial charge on any atom is 0.150 e. The average molecular weight is 295 g/mol. The van der Waals surface area contributed by atoms with Crippen molar-refractivity contribution in [3.63, 3.8) is 0 Å². The Morgan fingerprint density at radius 1 is 1.12 bits per heavy atom. The molecule has 0 unspecified atom stereocenters. The summed E-state index contributed by atoms with van der Waals surface area (Å²) in [6.45, 7) is 7.12. The fourth-order valence-corrected chi connectivity index (χ4v) is 2.55. The topological polar surface area (TPSA) is 19.4 Å². The monoisotopic (exact) mass is 293 g/mol. The van der Waals surface area contributed by atoms with Crippen molar-refractivity contribution in [2.45, 2.75) is 6.92 Å². The van der Waals surface area contributed by atoms with Crippen LogP contribution in [0.5, 0.6) is 0 Å². The highest BCUT2D eigenvalue weighted by Gasteiger charge is 2.20. The summed E-state index contributed by atoms with van der Waals surface area (Å²) in [6.07, 6.45) is 0. The number of anilines is 1. The zero-order valence-electron chi connectivity index (χ0n) is 9.59. The van der Waals surface area contributed by atoms with Crippen molar-refractivity contribution in [3.05, 3.63) is 21.3 Å². The van der Waals surface area contributed by atoms with Crippen molar-refractivity contribution in [1.82, 2.24) is 9.88 Å². The molecule has 1 aromatic heterocycles. The van der Waals surface area contributed by atoms with Crippen LogP contribution in [-0.4, -0.2) is 42.6 Å². The second-order valence-electron chi connectivity index (χ2n) is 3.99. The molecule has 0 amide bonds. The van der Waals surface area contributed by atoms with Gasteiger partial charge in [0.25, 0.3) is 0 Å². The molecular formula is C11H14Cl3N3. The Labute approximate surface area is 116 Å². The first kappa shape index (κ1) is 13.2. The normalized spacial score (nSPS) is 17.5. The predicted octanol–water partition coefficient (Wildman–Crippen LogP) is 3.18. The van der Waals surface area contributed by atoms with Crippen molar-refractivity contribution < 1.29 is 0 Å². The lowest BCUT2D eigenvalue weighted by molar-refractivity contribution is 0.270. The molecule has 0 atom stereocenters. The van der Waals surface area contributed by atoms with Crippen LogP contribution in [0.15, 0.2) is 6.07 Å². The number of hydrogen-bond acceptors (Lipinski definition) is 3. The zero-order valence-corrected chi connectivity index (χ0v) is 11.9. The van der Waals surface area contributed by atoms with Gasteiger partial charge in [-0.15, -0.1) is 0 Å². The first-order valence-corrected chi connectivity index (χ1v) is 6.74. The van der Waals surface area contributed by atoms with Crippen molar-refractivity contribution >= 4 is 40.6 Å². The Morgan fingerprint density at radius 2 is 1.76 bits per heavy atom. The van der Waals surface area contributed by atoms with Gasteiger partial charge >= 0.3 is 0 Å². The van der Waals surface area contributed by atoms with E-state index >= 15 is 0 Å². The largest absolute Gasteiger partial charge is 0.353 e. The van der Waals surface area contributed by atoms with Gasteiger partial charge in [0.15, 0.2) is 0 Å². The SMILES string of the molecule is CCN1CCN(c2nc(Cl)c(Cl)cc2Cl)CC1. The predicted molar refractivity (Wildman–Crippen MR) is 73.6 cm³/mol. The number of aromatic nitrogens is 1. The molecule has 0 N–H and O–H groups in total. The van der Waals surface area contributed by atoms with Crippen molar-refractivity contribution in [2.24, 2.45) is 0 Å². The molecule has 0 aromatic carbocycles. The van der Waals surface area contributed by atoms with E-state index in [1.54, 1.807) is 6.07 Å². The fourth-order valence-electron chi connectivity index (χ4n) is 1.93. The summed E-state index contributed by atoms with van der Waals surface area (Å²) >= 11 is 17.9. The fraction of sp³-hybridized carbons (Fsp3) is 0.545. The summed E-state index contributed by atoms with van der Waals surface area (Å²) in [5, 5.41) is 1.26. The summed E-state index contributed by atoms with van der Waals surface area (Å²) in [6, 6.07) is 1.65. The molecule has 1 fully saturated rings. The van der Waals surface area contributed by atoms with Gasteiger partial charge in [-0.1, -0.05) is 41.7 Å². The van der Waals surface area contributed by atoms with Crippen LogP contribution in [0.25, 0.3) is 0 Å². The summed E-state index contributed by atoms with van der Waals surface area (Å²) in [4.78, 5) is 8.80. The maximum atomic E-state index is 6.14. The molecule has 2 heterocycles. The van der Waals surface area contributed by atoms with Gasteiger partial charge in [0.1, 0.15) is 11.0 Å². The van der Waals surface area contributed by atoms with Gasteiger partial charge in [0, 0.05) is 26.2 Å². The summed E-state index contributed by atoms with van der Waals surface area (Å²) in [7, 11) is 0. The minimum atomic E-state index is 0.309. The third kappa shape index (κ3) is 2.97. The zero-order chi connectivity index (χ0) is 12.4. The maximum absolute atomic E-state index is 6.14. The van der Waals surface area contributed by atoms with Gasteiger partial charge < -0.3 is 9.80 Å². The van der Waals surface area contributed by atoms with Crippen LogP contribution in [0.1, 0.15) is 6.92 Å². The Kier molecular flexibility index (Phi) is 4.36. The second-order valence-corrected chi connectivity index (χ2v) is 5.16. The molecule has 0 aliphatic carbocycles. The number of halogens is 3. The molecule has 0 radical (unpaired) electrons. The molecule has 6 heteroatoms. The lowest BCUT2D eigenvalue weighted by Crippen LogP contribution is -2.46. The third-order valence-electron chi connectivity index (χ3n) is 2.99. The molecule has 2 rings (SSSR count). The molecule has 1 aromatic rings. The van der Waals surface area contributed by atoms with E-state index in [2.05, 4.69) is 21.7 Å². The minimum absolute atomic E-state index is 0.309. The number of likely N-dealkylation sites (N-methyl/N-ethyl adjacent to an activating group) is 1. The Hall–Kier alpha value is -0.220. The minimum Gasteiger partial charge on any atom is -0.353 e. The summed E-state index contributed by atoms with van der Waals surface area (Å²) in [5.74, 6) is 0.733. The van der Waals surface area contributed by atoms with Crippen LogP contribution in [0.3, 0.4) is 0 Å². The van der Waals surface area contributed by atoms with Gasteiger partial charge in [-0.3, -0.25) is 0 Å². The molecule has 1 saturated heterocycles. The number of hydrogen-bond donors (Lipinski definition) is 0. The number of piperazine rings is 1. The van der Waals surface area contributed by atoms with E-state index in [1.807, 2.05) is 0 Å². The van der Waals surface area contributed by atoms with Gasteiger partial charge in [0.2, 0.25) is 0 Å². The first-order chi connectivity index (χ1) is 8.11. The molecule has 3 nitrogen and oxygen atoms in total.